The van der Waals surface area contributed by atoms with Crippen LogP contribution in [-0.2, 0) is 9.59 Å². The molecule has 0 spiro atoms. The molecule has 1 heterocycles. The van der Waals surface area contributed by atoms with Gasteiger partial charge < -0.3 is 15.0 Å². The molecule has 23 heavy (non-hydrogen) atoms. The molecule has 1 unspecified atom stereocenters. The van der Waals surface area contributed by atoms with Gasteiger partial charge in [0.15, 0.2) is 0 Å². The van der Waals surface area contributed by atoms with E-state index in [2.05, 4.69) is 5.32 Å². The molecule has 0 saturated carbocycles. The Morgan fingerprint density at radius 3 is 2.87 bits per heavy atom. The number of ether oxygens (including phenoxy) is 1. The minimum atomic E-state index is -0.361. The molecule has 2 amide bonds. The first-order valence-electron chi connectivity index (χ1n) is 7.59. The number of hydrogen-bond donors (Lipinski definition) is 1. The zero-order chi connectivity index (χ0) is 16.8. The van der Waals surface area contributed by atoms with Crippen LogP contribution in [0, 0.1) is 5.82 Å². The Bertz CT molecular complexity index is 567. The summed E-state index contributed by atoms with van der Waals surface area (Å²) in [5.41, 5.74) is 0. The Hall–Kier alpha value is -2.15. The number of halogens is 1. The molecule has 0 aliphatic carbocycles. The molecule has 1 fully saturated rings. The van der Waals surface area contributed by atoms with Gasteiger partial charge in [0.1, 0.15) is 24.2 Å². The van der Waals surface area contributed by atoms with Gasteiger partial charge in [-0.1, -0.05) is 6.07 Å². The van der Waals surface area contributed by atoms with Crippen molar-refractivity contribution in [3.05, 3.63) is 30.1 Å². The summed E-state index contributed by atoms with van der Waals surface area (Å²) in [6, 6.07) is 5.50. The number of piperazine rings is 1. The normalized spacial score (nSPS) is 18.6. The van der Waals surface area contributed by atoms with Crippen molar-refractivity contribution in [3.63, 3.8) is 0 Å². The van der Waals surface area contributed by atoms with Crippen molar-refractivity contribution in [2.45, 2.75) is 13.0 Å². The lowest BCUT2D eigenvalue weighted by Gasteiger charge is -2.38. The van der Waals surface area contributed by atoms with Crippen LogP contribution >= 0.6 is 0 Å². The molecule has 1 aliphatic heterocycles. The first-order valence-corrected chi connectivity index (χ1v) is 7.59. The molecule has 0 bridgehead atoms. The standard InChI is InChI=1S/C16H22FN3O3/c1-12(21)20-8-7-19(2)15(11-20)16(22)18-6-9-23-14-5-3-4-13(17)10-14/h3-5,10,15H,6-9,11H2,1-2H3,(H,18,22). The van der Waals surface area contributed by atoms with E-state index in [4.69, 9.17) is 4.74 Å². The van der Waals surface area contributed by atoms with E-state index >= 15 is 0 Å². The Balaban J connectivity index is 1.76. The number of carbonyl (C=O) groups is 2. The van der Waals surface area contributed by atoms with E-state index in [1.54, 1.807) is 17.0 Å². The second-order valence-corrected chi connectivity index (χ2v) is 5.56. The summed E-state index contributed by atoms with van der Waals surface area (Å²) < 4.78 is 18.4. The highest BCUT2D eigenvalue weighted by atomic mass is 19.1. The molecule has 0 radical (unpaired) electrons. The smallest absolute Gasteiger partial charge is 0.239 e. The molecule has 1 aliphatic rings. The molecule has 0 aromatic heterocycles. The topological polar surface area (TPSA) is 61.9 Å². The number of nitrogens with zero attached hydrogens (tertiary/aromatic N) is 2. The molecule has 1 aromatic rings. The predicted octanol–water partition coefficient (Wildman–Crippen LogP) is 0.483. The van der Waals surface area contributed by atoms with E-state index in [0.29, 0.717) is 31.9 Å². The third-order valence-electron chi connectivity index (χ3n) is 3.86. The number of amides is 2. The summed E-state index contributed by atoms with van der Waals surface area (Å²) in [4.78, 5) is 27.3. The van der Waals surface area contributed by atoms with Gasteiger partial charge in [-0.05, 0) is 19.2 Å². The maximum atomic E-state index is 13.0. The fraction of sp³-hybridized carbons (Fsp3) is 0.500. The van der Waals surface area contributed by atoms with Gasteiger partial charge in [-0.3, -0.25) is 14.5 Å². The minimum Gasteiger partial charge on any atom is -0.492 e. The van der Waals surface area contributed by atoms with Crippen molar-refractivity contribution in [3.8, 4) is 5.75 Å². The van der Waals surface area contributed by atoms with E-state index in [-0.39, 0.29) is 30.3 Å². The predicted molar refractivity (Wildman–Crippen MR) is 83.6 cm³/mol. The van der Waals surface area contributed by atoms with E-state index in [9.17, 15) is 14.0 Å². The van der Waals surface area contributed by atoms with Crippen LogP contribution in [0.5, 0.6) is 5.75 Å². The molecule has 1 atom stereocenters. The van der Waals surface area contributed by atoms with Gasteiger partial charge in [-0.15, -0.1) is 0 Å². The third-order valence-corrected chi connectivity index (χ3v) is 3.86. The molecule has 2 rings (SSSR count). The van der Waals surface area contributed by atoms with Gasteiger partial charge in [0.25, 0.3) is 0 Å². The largest absolute Gasteiger partial charge is 0.492 e. The van der Waals surface area contributed by atoms with Crippen molar-refractivity contribution in [1.82, 2.24) is 15.1 Å². The van der Waals surface area contributed by atoms with Gasteiger partial charge in [0.05, 0.1) is 6.54 Å². The molecule has 6 nitrogen and oxygen atoms in total. The Kier molecular flexibility index (Phi) is 5.92. The lowest BCUT2D eigenvalue weighted by atomic mass is 10.1. The molecule has 1 aromatic carbocycles. The third kappa shape index (κ3) is 4.92. The average Bonchev–Trinajstić information content (AvgIpc) is 2.51. The van der Waals surface area contributed by atoms with Crippen LogP contribution in [0.15, 0.2) is 24.3 Å². The van der Waals surface area contributed by atoms with Crippen molar-refractivity contribution in [2.75, 3.05) is 39.8 Å². The summed E-state index contributed by atoms with van der Waals surface area (Å²) in [6.45, 7) is 3.77. The molecule has 126 valence electrons. The van der Waals surface area contributed by atoms with E-state index in [0.717, 1.165) is 0 Å². The Morgan fingerprint density at radius 2 is 2.17 bits per heavy atom. The van der Waals surface area contributed by atoms with Gasteiger partial charge in [-0.2, -0.15) is 0 Å². The van der Waals surface area contributed by atoms with Crippen LogP contribution in [0.1, 0.15) is 6.92 Å². The number of benzene rings is 1. The molecule has 7 heteroatoms. The zero-order valence-corrected chi connectivity index (χ0v) is 13.4. The summed E-state index contributed by atoms with van der Waals surface area (Å²) in [7, 11) is 1.87. The lowest BCUT2D eigenvalue weighted by molar-refractivity contribution is -0.135. The van der Waals surface area contributed by atoms with Crippen LogP contribution in [-0.4, -0.2) is 67.5 Å². The van der Waals surface area contributed by atoms with E-state index in [1.807, 2.05) is 11.9 Å². The first kappa shape index (κ1) is 17.2. The Labute approximate surface area is 135 Å². The average molecular weight is 323 g/mol. The zero-order valence-electron chi connectivity index (χ0n) is 13.4. The Morgan fingerprint density at radius 1 is 1.39 bits per heavy atom. The number of likely N-dealkylation sites (N-methyl/N-ethyl adjacent to an activating group) is 1. The lowest BCUT2D eigenvalue weighted by Crippen LogP contribution is -2.58. The highest BCUT2D eigenvalue weighted by Gasteiger charge is 2.30. The fourth-order valence-corrected chi connectivity index (χ4v) is 2.46. The summed E-state index contributed by atoms with van der Waals surface area (Å²) in [6.07, 6.45) is 0. The van der Waals surface area contributed by atoms with Crippen molar-refractivity contribution < 1.29 is 18.7 Å². The fourth-order valence-electron chi connectivity index (χ4n) is 2.46. The van der Waals surface area contributed by atoms with Crippen LogP contribution < -0.4 is 10.1 Å². The van der Waals surface area contributed by atoms with Gasteiger partial charge in [0, 0.05) is 32.6 Å². The summed E-state index contributed by atoms with van der Waals surface area (Å²) in [5, 5.41) is 2.79. The summed E-state index contributed by atoms with van der Waals surface area (Å²) in [5.74, 6) is -0.0943. The van der Waals surface area contributed by atoms with Crippen LogP contribution in [0.4, 0.5) is 4.39 Å². The maximum absolute atomic E-state index is 13.0. The summed E-state index contributed by atoms with van der Waals surface area (Å²) >= 11 is 0. The van der Waals surface area contributed by atoms with E-state index in [1.165, 1.54) is 19.1 Å². The number of carbonyl (C=O) groups excluding carboxylic acids is 2. The van der Waals surface area contributed by atoms with Gasteiger partial charge >= 0.3 is 0 Å². The quantitative estimate of drug-likeness (QED) is 0.801. The number of rotatable bonds is 5. The van der Waals surface area contributed by atoms with Gasteiger partial charge in [0.2, 0.25) is 11.8 Å². The highest BCUT2D eigenvalue weighted by Crippen LogP contribution is 2.11. The van der Waals surface area contributed by atoms with E-state index < -0.39 is 0 Å². The second-order valence-electron chi connectivity index (χ2n) is 5.56. The van der Waals surface area contributed by atoms with Gasteiger partial charge in [-0.25, -0.2) is 4.39 Å². The number of hydrogen-bond acceptors (Lipinski definition) is 4. The molecular weight excluding hydrogens is 301 g/mol. The number of nitrogens with one attached hydrogen (secondary N) is 1. The highest BCUT2D eigenvalue weighted by molar-refractivity contribution is 5.83. The molecular formula is C16H22FN3O3. The maximum Gasteiger partial charge on any atom is 0.239 e. The van der Waals surface area contributed by atoms with Crippen molar-refractivity contribution >= 4 is 11.8 Å². The minimum absolute atomic E-state index is 0.0228. The van der Waals surface area contributed by atoms with Crippen LogP contribution in [0.25, 0.3) is 0 Å². The monoisotopic (exact) mass is 323 g/mol. The van der Waals surface area contributed by atoms with Crippen molar-refractivity contribution in [2.24, 2.45) is 0 Å². The van der Waals surface area contributed by atoms with Crippen molar-refractivity contribution in [1.29, 1.82) is 0 Å². The van der Waals surface area contributed by atoms with Crippen LogP contribution in [0.2, 0.25) is 0 Å². The second kappa shape index (κ2) is 7.92. The SMILES string of the molecule is CC(=O)N1CCN(C)C(C(=O)NCCOc2cccc(F)c2)C1. The molecule has 1 saturated heterocycles. The van der Waals surface area contributed by atoms with Crippen LogP contribution in [0.3, 0.4) is 0 Å². The molecule has 1 N–H and O–H groups in total. The first-order chi connectivity index (χ1) is 11.0.